The van der Waals surface area contributed by atoms with Gasteiger partial charge < -0.3 is 10.1 Å². The van der Waals surface area contributed by atoms with Gasteiger partial charge in [0.25, 0.3) is 5.91 Å². The van der Waals surface area contributed by atoms with E-state index in [4.69, 9.17) is 4.74 Å². The SMILES string of the molecule is Cc1nc(COc2cccc(C(=O)Nc3ccc(CN4CCSCC4)cc3C)c2)cs1. The average molecular weight is 454 g/mol. The molecule has 0 saturated carbocycles. The fourth-order valence-electron chi connectivity index (χ4n) is 3.54. The Morgan fingerprint density at radius 1 is 1.16 bits per heavy atom. The third kappa shape index (κ3) is 6.09. The van der Waals surface area contributed by atoms with Crippen molar-refractivity contribution in [2.24, 2.45) is 0 Å². The zero-order valence-electron chi connectivity index (χ0n) is 17.9. The average Bonchev–Trinajstić information content (AvgIpc) is 3.20. The van der Waals surface area contributed by atoms with Crippen molar-refractivity contribution in [3.63, 3.8) is 0 Å². The normalized spacial score (nSPS) is 14.4. The van der Waals surface area contributed by atoms with Gasteiger partial charge in [0.15, 0.2) is 0 Å². The molecule has 1 aliphatic rings. The maximum Gasteiger partial charge on any atom is 0.255 e. The van der Waals surface area contributed by atoms with Gasteiger partial charge in [0.2, 0.25) is 0 Å². The first-order valence-corrected chi connectivity index (χ1v) is 12.4. The maximum absolute atomic E-state index is 12.8. The molecule has 4 rings (SSSR count). The number of ether oxygens (including phenoxy) is 1. The molecule has 162 valence electrons. The van der Waals surface area contributed by atoms with Crippen LogP contribution < -0.4 is 10.1 Å². The van der Waals surface area contributed by atoms with Gasteiger partial charge in [0.05, 0.1) is 10.7 Å². The Kier molecular flexibility index (Phi) is 7.27. The first kappa shape index (κ1) is 21.9. The van der Waals surface area contributed by atoms with Gasteiger partial charge in [0, 0.05) is 47.8 Å². The third-order valence-electron chi connectivity index (χ3n) is 5.20. The van der Waals surface area contributed by atoms with Gasteiger partial charge in [0.1, 0.15) is 12.4 Å². The van der Waals surface area contributed by atoms with Gasteiger partial charge in [-0.15, -0.1) is 11.3 Å². The van der Waals surface area contributed by atoms with Crippen LogP contribution in [0.15, 0.2) is 47.8 Å². The smallest absolute Gasteiger partial charge is 0.255 e. The molecule has 1 fully saturated rings. The van der Waals surface area contributed by atoms with E-state index in [0.717, 1.165) is 41.6 Å². The highest BCUT2D eigenvalue weighted by Crippen LogP contribution is 2.21. The molecule has 1 aromatic heterocycles. The number of anilines is 1. The molecule has 31 heavy (non-hydrogen) atoms. The molecule has 0 bridgehead atoms. The molecule has 5 nitrogen and oxygen atoms in total. The maximum atomic E-state index is 12.8. The Morgan fingerprint density at radius 2 is 2.00 bits per heavy atom. The molecule has 2 aromatic carbocycles. The number of benzene rings is 2. The molecule has 0 atom stereocenters. The Labute approximate surface area is 191 Å². The summed E-state index contributed by atoms with van der Waals surface area (Å²) in [5, 5.41) is 6.04. The van der Waals surface area contributed by atoms with E-state index < -0.39 is 0 Å². The Hall–Kier alpha value is -2.35. The number of rotatable bonds is 7. The number of nitrogens with zero attached hydrogens (tertiary/aromatic N) is 2. The minimum Gasteiger partial charge on any atom is -0.487 e. The lowest BCUT2D eigenvalue weighted by Crippen LogP contribution is -2.31. The van der Waals surface area contributed by atoms with Crippen LogP contribution in [-0.4, -0.2) is 40.4 Å². The molecule has 1 aliphatic heterocycles. The Morgan fingerprint density at radius 3 is 2.74 bits per heavy atom. The molecule has 7 heteroatoms. The number of amides is 1. The highest BCUT2D eigenvalue weighted by molar-refractivity contribution is 7.99. The number of thioether (sulfide) groups is 1. The number of hydrogen-bond donors (Lipinski definition) is 1. The van der Waals surface area contributed by atoms with Crippen molar-refractivity contribution in [2.75, 3.05) is 29.9 Å². The summed E-state index contributed by atoms with van der Waals surface area (Å²) in [4.78, 5) is 19.7. The number of carbonyl (C=O) groups is 1. The first-order valence-electron chi connectivity index (χ1n) is 10.4. The van der Waals surface area contributed by atoms with Crippen molar-refractivity contribution in [1.29, 1.82) is 0 Å². The second-order valence-electron chi connectivity index (χ2n) is 7.67. The summed E-state index contributed by atoms with van der Waals surface area (Å²) in [6.45, 7) is 7.66. The molecule has 0 spiro atoms. The van der Waals surface area contributed by atoms with Crippen LogP contribution in [-0.2, 0) is 13.2 Å². The van der Waals surface area contributed by atoms with Crippen molar-refractivity contribution in [2.45, 2.75) is 27.0 Å². The second kappa shape index (κ2) is 10.3. The summed E-state index contributed by atoms with van der Waals surface area (Å²) in [6.07, 6.45) is 0. The lowest BCUT2D eigenvalue weighted by atomic mass is 10.1. The molecule has 1 saturated heterocycles. The molecule has 0 unspecified atom stereocenters. The van der Waals surface area contributed by atoms with E-state index in [1.807, 2.05) is 49.2 Å². The van der Waals surface area contributed by atoms with Crippen molar-refractivity contribution in [3.05, 3.63) is 75.2 Å². The van der Waals surface area contributed by atoms with Gasteiger partial charge in [-0.25, -0.2) is 4.98 Å². The van der Waals surface area contributed by atoms with Crippen LogP contribution in [0.2, 0.25) is 0 Å². The quantitative estimate of drug-likeness (QED) is 0.537. The summed E-state index contributed by atoms with van der Waals surface area (Å²) in [7, 11) is 0. The van der Waals surface area contributed by atoms with Crippen LogP contribution >= 0.6 is 23.1 Å². The fourth-order valence-corrected chi connectivity index (χ4v) is 5.11. The second-order valence-corrected chi connectivity index (χ2v) is 9.95. The Balaban J connectivity index is 1.37. The predicted octanol–water partition coefficient (Wildman–Crippen LogP) is 5.14. The van der Waals surface area contributed by atoms with Gasteiger partial charge in [-0.3, -0.25) is 9.69 Å². The highest BCUT2D eigenvalue weighted by atomic mass is 32.2. The number of hydrogen-bond acceptors (Lipinski definition) is 6. The molecular weight excluding hydrogens is 426 g/mol. The molecule has 0 aliphatic carbocycles. The number of carbonyl (C=O) groups excluding carboxylic acids is 1. The summed E-state index contributed by atoms with van der Waals surface area (Å²) in [5.74, 6) is 2.93. The van der Waals surface area contributed by atoms with Crippen molar-refractivity contribution in [1.82, 2.24) is 9.88 Å². The fraction of sp³-hybridized carbons (Fsp3) is 0.333. The van der Waals surface area contributed by atoms with Gasteiger partial charge in [-0.1, -0.05) is 18.2 Å². The highest BCUT2D eigenvalue weighted by Gasteiger charge is 2.13. The molecule has 2 heterocycles. The number of aromatic nitrogens is 1. The van der Waals surface area contributed by atoms with E-state index in [0.29, 0.717) is 17.9 Å². The van der Waals surface area contributed by atoms with Crippen LogP contribution in [0.25, 0.3) is 0 Å². The van der Waals surface area contributed by atoms with Crippen molar-refractivity contribution < 1.29 is 9.53 Å². The van der Waals surface area contributed by atoms with E-state index in [2.05, 4.69) is 27.3 Å². The standard InChI is InChI=1S/C24H27N3O2S2/c1-17-12-19(14-27-8-10-30-11-9-27)6-7-23(17)26-24(28)20-4-3-5-22(13-20)29-15-21-16-31-18(2)25-21/h3-7,12-13,16H,8-11,14-15H2,1-2H3,(H,26,28). The van der Waals surface area contributed by atoms with Crippen LogP contribution in [0.1, 0.15) is 32.2 Å². The number of aryl methyl sites for hydroxylation is 2. The van der Waals surface area contributed by atoms with Crippen LogP contribution in [0.5, 0.6) is 5.75 Å². The zero-order chi connectivity index (χ0) is 21.6. The van der Waals surface area contributed by atoms with E-state index in [1.54, 1.807) is 23.5 Å². The minimum absolute atomic E-state index is 0.140. The lowest BCUT2D eigenvalue weighted by molar-refractivity contribution is 0.102. The summed E-state index contributed by atoms with van der Waals surface area (Å²) in [6, 6.07) is 13.6. The third-order valence-corrected chi connectivity index (χ3v) is 6.96. The van der Waals surface area contributed by atoms with Gasteiger partial charge in [-0.2, -0.15) is 11.8 Å². The number of nitrogens with one attached hydrogen (secondary N) is 1. The topological polar surface area (TPSA) is 54.5 Å². The van der Waals surface area contributed by atoms with Crippen LogP contribution in [0, 0.1) is 13.8 Å². The van der Waals surface area contributed by atoms with Crippen molar-refractivity contribution >= 4 is 34.7 Å². The van der Waals surface area contributed by atoms with Crippen LogP contribution in [0.3, 0.4) is 0 Å². The van der Waals surface area contributed by atoms with Crippen LogP contribution in [0.4, 0.5) is 5.69 Å². The minimum atomic E-state index is -0.140. The monoisotopic (exact) mass is 453 g/mol. The summed E-state index contributed by atoms with van der Waals surface area (Å²) in [5.41, 5.74) is 4.67. The zero-order valence-corrected chi connectivity index (χ0v) is 19.5. The Bertz CT molecular complexity index is 1040. The van der Waals surface area contributed by atoms with Gasteiger partial charge in [-0.05, 0) is 49.2 Å². The molecule has 3 aromatic rings. The van der Waals surface area contributed by atoms with Gasteiger partial charge >= 0.3 is 0 Å². The lowest BCUT2D eigenvalue weighted by Gasteiger charge is -2.26. The van der Waals surface area contributed by atoms with E-state index in [-0.39, 0.29) is 5.91 Å². The predicted molar refractivity (Wildman–Crippen MR) is 129 cm³/mol. The largest absolute Gasteiger partial charge is 0.487 e. The summed E-state index contributed by atoms with van der Waals surface area (Å²) < 4.78 is 5.82. The molecule has 0 radical (unpaired) electrons. The summed E-state index contributed by atoms with van der Waals surface area (Å²) >= 11 is 3.62. The first-order chi connectivity index (χ1) is 15.1. The molecule has 1 N–H and O–H groups in total. The molecular formula is C24H27N3O2S2. The van der Waals surface area contributed by atoms with E-state index >= 15 is 0 Å². The number of thiazole rings is 1. The van der Waals surface area contributed by atoms with Crippen molar-refractivity contribution in [3.8, 4) is 5.75 Å². The van der Waals surface area contributed by atoms with E-state index in [1.165, 1.54) is 17.1 Å². The van der Waals surface area contributed by atoms with E-state index in [9.17, 15) is 4.79 Å². The molecule has 1 amide bonds.